The first-order valence-corrected chi connectivity index (χ1v) is 6.85. The van der Waals surface area contributed by atoms with Crippen molar-refractivity contribution in [3.63, 3.8) is 0 Å². The second-order valence-electron chi connectivity index (χ2n) is 6.33. The molecule has 1 aliphatic rings. The summed E-state index contributed by atoms with van der Waals surface area (Å²) >= 11 is 0. The van der Waals surface area contributed by atoms with Gasteiger partial charge >= 0.3 is 0 Å². The molecule has 2 heterocycles. The molecule has 1 atom stereocenters. The Bertz CT molecular complexity index is 395. The van der Waals surface area contributed by atoms with E-state index in [0.29, 0.717) is 5.41 Å². The molecule has 1 aliphatic heterocycles. The highest BCUT2D eigenvalue weighted by molar-refractivity contribution is 5.47. The molecule has 1 N–H and O–H groups in total. The van der Waals surface area contributed by atoms with Gasteiger partial charge in [0, 0.05) is 31.5 Å². The van der Waals surface area contributed by atoms with Gasteiger partial charge < -0.3 is 10.2 Å². The van der Waals surface area contributed by atoms with Crippen LogP contribution in [0.5, 0.6) is 0 Å². The van der Waals surface area contributed by atoms with Gasteiger partial charge in [0.15, 0.2) is 0 Å². The van der Waals surface area contributed by atoms with Gasteiger partial charge in [-0.15, -0.1) is 0 Å². The quantitative estimate of drug-likeness (QED) is 0.890. The van der Waals surface area contributed by atoms with Crippen molar-refractivity contribution in [2.24, 2.45) is 11.3 Å². The lowest BCUT2D eigenvalue weighted by Gasteiger charge is -2.27. The van der Waals surface area contributed by atoms with E-state index in [1.807, 2.05) is 13.2 Å². The number of nitrogens with zero attached hydrogens (tertiary/aromatic N) is 2. The van der Waals surface area contributed by atoms with Crippen molar-refractivity contribution < 1.29 is 0 Å². The third-order valence-electron chi connectivity index (χ3n) is 3.94. The van der Waals surface area contributed by atoms with E-state index in [-0.39, 0.29) is 0 Å². The minimum Gasteiger partial charge on any atom is -0.371 e. The van der Waals surface area contributed by atoms with Gasteiger partial charge in [-0.1, -0.05) is 20.8 Å². The number of anilines is 1. The molecule has 0 saturated carbocycles. The van der Waals surface area contributed by atoms with E-state index in [0.717, 1.165) is 18.2 Å². The van der Waals surface area contributed by atoms with E-state index in [9.17, 15) is 0 Å². The largest absolute Gasteiger partial charge is 0.371 e. The van der Waals surface area contributed by atoms with Gasteiger partial charge in [-0.25, -0.2) is 0 Å². The summed E-state index contributed by atoms with van der Waals surface area (Å²) in [7, 11) is 1.96. The van der Waals surface area contributed by atoms with Crippen molar-refractivity contribution in [2.75, 3.05) is 25.0 Å². The first-order chi connectivity index (χ1) is 8.50. The zero-order chi connectivity index (χ0) is 13.2. The lowest BCUT2D eigenvalue weighted by atomic mass is 9.80. The Morgan fingerprint density at radius 1 is 1.44 bits per heavy atom. The highest BCUT2D eigenvalue weighted by Crippen LogP contribution is 2.35. The third kappa shape index (κ3) is 3.02. The Kier molecular flexibility index (Phi) is 3.91. The van der Waals surface area contributed by atoms with Crippen molar-refractivity contribution >= 4 is 5.69 Å². The predicted octanol–water partition coefficient (Wildman–Crippen LogP) is 2.67. The van der Waals surface area contributed by atoms with Crippen LogP contribution in [-0.4, -0.2) is 25.1 Å². The number of nitrogens with one attached hydrogen (secondary N) is 1. The fraction of sp³-hybridized carbons (Fsp3) is 0.667. The molecule has 0 radical (unpaired) electrons. The number of hydrogen-bond donors (Lipinski definition) is 1. The molecular formula is C15H25N3. The third-order valence-corrected chi connectivity index (χ3v) is 3.94. The molecular weight excluding hydrogens is 222 g/mol. The Morgan fingerprint density at radius 3 is 2.83 bits per heavy atom. The summed E-state index contributed by atoms with van der Waals surface area (Å²) in [4.78, 5) is 6.88. The van der Waals surface area contributed by atoms with Crippen LogP contribution >= 0.6 is 0 Å². The molecule has 100 valence electrons. The monoisotopic (exact) mass is 247 g/mol. The van der Waals surface area contributed by atoms with E-state index in [1.54, 1.807) is 0 Å². The van der Waals surface area contributed by atoms with Crippen LogP contribution in [0.3, 0.4) is 0 Å². The highest BCUT2D eigenvalue weighted by atomic mass is 15.2. The van der Waals surface area contributed by atoms with Gasteiger partial charge in [-0.2, -0.15) is 0 Å². The number of aromatic nitrogens is 1. The second kappa shape index (κ2) is 5.27. The predicted molar refractivity (Wildman–Crippen MR) is 76.8 cm³/mol. The fourth-order valence-electron chi connectivity index (χ4n) is 2.64. The van der Waals surface area contributed by atoms with Gasteiger partial charge in [0.2, 0.25) is 0 Å². The molecule has 1 fully saturated rings. The molecule has 1 aromatic rings. The summed E-state index contributed by atoms with van der Waals surface area (Å²) in [5.74, 6) is 0.790. The van der Waals surface area contributed by atoms with Gasteiger partial charge in [0.1, 0.15) is 0 Å². The van der Waals surface area contributed by atoms with Crippen molar-refractivity contribution in [3.05, 3.63) is 24.0 Å². The SMILES string of the molecule is CNCc1cc(N2CCC(C(C)(C)C)C2)ccn1. The first-order valence-electron chi connectivity index (χ1n) is 6.85. The summed E-state index contributed by atoms with van der Waals surface area (Å²) in [6.45, 7) is 10.2. The van der Waals surface area contributed by atoms with Crippen molar-refractivity contribution in [2.45, 2.75) is 33.7 Å². The number of pyridine rings is 1. The fourth-order valence-corrected chi connectivity index (χ4v) is 2.64. The van der Waals surface area contributed by atoms with E-state index < -0.39 is 0 Å². The zero-order valence-corrected chi connectivity index (χ0v) is 12.0. The molecule has 1 unspecified atom stereocenters. The molecule has 0 bridgehead atoms. The first kappa shape index (κ1) is 13.3. The van der Waals surface area contributed by atoms with E-state index >= 15 is 0 Å². The summed E-state index contributed by atoms with van der Waals surface area (Å²) in [5, 5.41) is 3.15. The Labute approximate surface area is 111 Å². The maximum Gasteiger partial charge on any atom is 0.0562 e. The van der Waals surface area contributed by atoms with E-state index in [1.165, 1.54) is 25.2 Å². The van der Waals surface area contributed by atoms with E-state index in [2.05, 4.69) is 48.1 Å². The van der Waals surface area contributed by atoms with Gasteiger partial charge in [-0.3, -0.25) is 4.98 Å². The topological polar surface area (TPSA) is 28.2 Å². The summed E-state index contributed by atoms with van der Waals surface area (Å²) in [5.41, 5.74) is 2.85. The molecule has 0 spiro atoms. The number of rotatable bonds is 3. The smallest absolute Gasteiger partial charge is 0.0562 e. The van der Waals surface area contributed by atoms with Crippen LogP contribution in [0.1, 0.15) is 32.9 Å². The molecule has 18 heavy (non-hydrogen) atoms. The molecule has 1 saturated heterocycles. The summed E-state index contributed by atoms with van der Waals surface area (Å²) < 4.78 is 0. The van der Waals surface area contributed by atoms with Crippen molar-refractivity contribution in [3.8, 4) is 0 Å². The van der Waals surface area contributed by atoms with Crippen LogP contribution in [0.25, 0.3) is 0 Å². The average molecular weight is 247 g/mol. The minimum atomic E-state index is 0.412. The molecule has 0 aromatic carbocycles. The lowest BCUT2D eigenvalue weighted by molar-refractivity contribution is 0.263. The summed E-state index contributed by atoms with van der Waals surface area (Å²) in [6, 6.07) is 4.34. The molecule has 1 aromatic heterocycles. The Morgan fingerprint density at radius 2 is 2.22 bits per heavy atom. The van der Waals surface area contributed by atoms with Gasteiger partial charge in [-0.05, 0) is 36.9 Å². The van der Waals surface area contributed by atoms with Crippen LogP contribution < -0.4 is 10.2 Å². The van der Waals surface area contributed by atoms with Crippen molar-refractivity contribution in [1.82, 2.24) is 10.3 Å². The lowest BCUT2D eigenvalue weighted by Crippen LogP contribution is -2.26. The van der Waals surface area contributed by atoms with Crippen LogP contribution in [0.15, 0.2) is 18.3 Å². The summed E-state index contributed by atoms with van der Waals surface area (Å²) in [6.07, 6.45) is 3.22. The van der Waals surface area contributed by atoms with Crippen LogP contribution in [0, 0.1) is 11.3 Å². The zero-order valence-electron chi connectivity index (χ0n) is 12.0. The van der Waals surface area contributed by atoms with Crippen LogP contribution in [0.4, 0.5) is 5.69 Å². The second-order valence-corrected chi connectivity index (χ2v) is 6.33. The normalized spacial score (nSPS) is 20.4. The Hall–Kier alpha value is -1.09. The maximum atomic E-state index is 4.38. The molecule has 3 nitrogen and oxygen atoms in total. The minimum absolute atomic E-state index is 0.412. The maximum absolute atomic E-state index is 4.38. The standard InChI is InChI=1S/C15H25N3/c1-15(2,3)12-6-8-18(11-12)14-5-7-17-13(9-14)10-16-4/h5,7,9,12,16H,6,8,10-11H2,1-4H3. The molecule has 0 aliphatic carbocycles. The van der Waals surface area contributed by atoms with Crippen LogP contribution in [-0.2, 0) is 6.54 Å². The van der Waals surface area contributed by atoms with Crippen molar-refractivity contribution in [1.29, 1.82) is 0 Å². The van der Waals surface area contributed by atoms with Gasteiger partial charge in [0.25, 0.3) is 0 Å². The molecule has 3 heteroatoms. The average Bonchev–Trinajstić information content (AvgIpc) is 2.78. The van der Waals surface area contributed by atoms with Gasteiger partial charge in [0.05, 0.1) is 5.69 Å². The Balaban J connectivity index is 2.07. The van der Waals surface area contributed by atoms with Crippen LogP contribution in [0.2, 0.25) is 0 Å². The molecule has 2 rings (SSSR count). The number of hydrogen-bond acceptors (Lipinski definition) is 3. The molecule has 0 amide bonds. The highest BCUT2D eigenvalue weighted by Gasteiger charge is 2.31. The van der Waals surface area contributed by atoms with E-state index in [4.69, 9.17) is 0 Å².